The summed E-state index contributed by atoms with van der Waals surface area (Å²) in [6, 6.07) is 0.807. The fourth-order valence-corrected chi connectivity index (χ4v) is 2.47. The first-order valence-corrected chi connectivity index (χ1v) is 4.71. The maximum Gasteiger partial charge on any atom is 0.0772 e. The standard InChI is InChI=1S/C8H14N2S/c9-8(11)6-4-7-2-1-3-10(7)5-6/h6-7H,1-5H2,(H2,9,11). The minimum Gasteiger partial charge on any atom is -0.393 e. The van der Waals surface area contributed by atoms with Gasteiger partial charge in [0.05, 0.1) is 4.99 Å². The second-order valence-corrected chi connectivity index (χ2v) is 4.10. The fourth-order valence-electron chi connectivity index (χ4n) is 2.29. The molecule has 2 fully saturated rings. The van der Waals surface area contributed by atoms with E-state index in [0.717, 1.165) is 17.6 Å². The van der Waals surface area contributed by atoms with E-state index in [1.807, 2.05) is 0 Å². The predicted octanol–water partition coefficient (Wildman–Crippen LogP) is 0.757. The first-order valence-electron chi connectivity index (χ1n) is 4.31. The minimum absolute atomic E-state index is 0.510. The van der Waals surface area contributed by atoms with Gasteiger partial charge >= 0.3 is 0 Å². The molecule has 2 saturated heterocycles. The van der Waals surface area contributed by atoms with Crippen molar-refractivity contribution < 1.29 is 0 Å². The normalized spacial score (nSPS) is 37.5. The van der Waals surface area contributed by atoms with Gasteiger partial charge in [0.25, 0.3) is 0 Å². The van der Waals surface area contributed by atoms with Crippen molar-refractivity contribution in [1.29, 1.82) is 0 Å². The largest absolute Gasteiger partial charge is 0.393 e. The molecule has 0 aliphatic carbocycles. The van der Waals surface area contributed by atoms with Crippen LogP contribution in [0.2, 0.25) is 0 Å². The Morgan fingerprint density at radius 1 is 1.55 bits per heavy atom. The van der Waals surface area contributed by atoms with Crippen LogP contribution in [0.3, 0.4) is 0 Å². The number of nitrogens with zero attached hydrogens (tertiary/aromatic N) is 1. The van der Waals surface area contributed by atoms with Crippen LogP contribution in [0.25, 0.3) is 0 Å². The van der Waals surface area contributed by atoms with E-state index < -0.39 is 0 Å². The van der Waals surface area contributed by atoms with Crippen LogP contribution in [0.5, 0.6) is 0 Å². The van der Waals surface area contributed by atoms with E-state index in [0.29, 0.717) is 5.92 Å². The van der Waals surface area contributed by atoms with Crippen molar-refractivity contribution in [2.75, 3.05) is 13.1 Å². The first kappa shape index (κ1) is 7.50. The van der Waals surface area contributed by atoms with Gasteiger partial charge in [-0.3, -0.25) is 4.90 Å². The van der Waals surface area contributed by atoms with Crippen LogP contribution >= 0.6 is 12.2 Å². The van der Waals surface area contributed by atoms with E-state index in [2.05, 4.69) is 4.90 Å². The van der Waals surface area contributed by atoms with Gasteiger partial charge < -0.3 is 5.73 Å². The molecule has 2 heterocycles. The molecule has 0 amide bonds. The van der Waals surface area contributed by atoms with Gasteiger partial charge in [0.2, 0.25) is 0 Å². The summed E-state index contributed by atoms with van der Waals surface area (Å²) in [6.45, 7) is 2.39. The Balaban J connectivity index is 1.99. The highest BCUT2D eigenvalue weighted by atomic mass is 32.1. The zero-order valence-electron chi connectivity index (χ0n) is 6.62. The quantitative estimate of drug-likeness (QED) is 0.589. The Bertz CT molecular complexity index is 169. The molecular formula is C8H14N2S. The molecule has 0 spiro atoms. The van der Waals surface area contributed by atoms with Crippen molar-refractivity contribution in [2.45, 2.75) is 25.3 Å². The summed E-state index contributed by atoms with van der Waals surface area (Å²) in [6.07, 6.45) is 3.95. The van der Waals surface area contributed by atoms with Gasteiger partial charge in [0, 0.05) is 18.5 Å². The number of nitrogens with two attached hydrogens (primary N) is 1. The number of fused-ring (bicyclic) bond motifs is 1. The maximum atomic E-state index is 5.61. The monoisotopic (exact) mass is 170 g/mol. The van der Waals surface area contributed by atoms with E-state index in [-0.39, 0.29) is 0 Å². The Morgan fingerprint density at radius 3 is 3.00 bits per heavy atom. The molecule has 0 aromatic heterocycles. The highest BCUT2D eigenvalue weighted by molar-refractivity contribution is 7.80. The van der Waals surface area contributed by atoms with Crippen LogP contribution in [0.15, 0.2) is 0 Å². The maximum absolute atomic E-state index is 5.61. The Labute approximate surface area is 72.7 Å². The third kappa shape index (κ3) is 1.27. The molecule has 62 valence electrons. The third-order valence-electron chi connectivity index (χ3n) is 2.91. The molecule has 2 rings (SSSR count). The minimum atomic E-state index is 0.510. The van der Waals surface area contributed by atoms with Crippen LogP contribution < -0.4 is 5.73 Å². The lowest BCUT2D eigenvalue weighted by atomic mass is 10.0. The molecule has 11 heavy (non-hydrogen) atoms. The van der Waals surface area contributed by atoms with Crippen LogP contribution in [0.4, 0.5) is 0 Å². The SMILES string of the molecule is NC(=S)C1CC2CCCN2C1. The lowest BCUT2D eigenvalue weighted by Gasteiger charge is -2.12. The summed E-state index contributed by atoms with van der Waals surface area (Å²) in [5.74, 6) is 0.510. The molecule has 3 heteroatoms. The van der Waals surface area contributed by atoms with Gasteiger partial charge in [-0.1, -0.05) is 12.2 Å². The van der Waals surface area contributed by atoms with Crippen LogP contribution in [-0.2, 0) is 0 Å². The van der Waals surface area contributed by atoms with Crippen molar-refractivity contribution in [3.05, 3.63) is 0 Å². The summed E-state index contributed by atoms with van der Waals surface area (Å²) in [7, 11) is 0. The zero-order valence-corrected chi connectivity index (χ0v) is 7.44. The van der Waals surface area contributed by atoms with E-state index in [1.165, 1.54) is 25.8 Å². The highest BCUT2D eigenvalue weighted by Gasteiger charge is 2.35. The number of hydrogen-bond acceptors (Lipinski definition) is 2. The number of rotatable bonds is 1. The second-order valence-electron chi connectivity index (χ2n) is 3.63. The molecule has 2 aliphatic rings. The fraction of sp³-hybridized carbons (Fsp3) is 0.875. The van der Waals surface area contributed by atoms with Gasteiger partial charge in [-0.25, -0.2) is 0 Å². The molecule has 0 radical (unpaired) electrons. The highest BCUT2D eigenvalue weighted by Crippen LogP contribution is 2.31. The van der Waals surface area contributed by atoms with Gasteiger partial charge in [-0.15, -0.1) is 0 Å². The van der Waals surface area contributed by atoms with Crippen LogP contribution in [0, 0.1) is 5.92 Å². The molecule has 2 N–H and O–H groups in total. The van der Waals surface area contributed by atoms with E-state index in [4.69, 9.17) is 18.0 Å². The zero-order chi connectivity index (χ0) is 7.84. The molecule has 0 aromatic carbocycles. The van der Waals surface area contributed by atoms with Crippen molar-refractivity contribution in [3.8, 4) is 0 Å². The third-order valence-corrected chi connectivity index (χ3v) is 3.25. The summed E-state index contributed by atoms with van der Waals surface area (Å²) in [5.41, 5.74) is 5.61. The molecule has 2 aliphatic heterocycles. The number of hydrogen-bond donors (Lipinski definition) is 1. The van der Waals surface area contributed by atoms with Crippen molar-refractivity contribution in [2.24, 2.45) is 11.7 Å². The Kier molecular flexibility index (Phi) is 1.85. The predicted molar refractivity (Wildman–Crippen MR) is 49.5 cm³/mol. The average Bonchev–Trinajstić information content (AvgIpc) is 2.40. The molecule has 0 aromatic rings. The van der Waals surface area contributed by atoms with E-state index in [1.54, 1.807) is 0 Å². The second kappa shape index (κ2) is 2.72. The molecule has 2 unspecified atom stereocenters. The van der Waals surface area contributed by atoms with Crippen LogP contribution in [0.1, 0.15) is 19.3 Å². The Morgan fingerprint density at radius 2 is 2.36 bits per heavy atom. The lowest BCUT2D eigenvalue weighted by molar-refractivity contribution is 0.322. The first-order chi connectivity index (χ1) is 5.27. The van der Waals surface area contributed by atoms with E-state index in [9.17, 15) is 0 Å². The topological polar surface area (TPSA) is 29.3 Å². The molecule has 2 nitrogen and oxygen atoms in total. The van der Waals surface area contributed by atoms with E-state index >= 15 is 0 Å². The van der Waals surface area contributed by atoms with Crippen molar-refractivity contribution >= 4 is 17.2 Å². The molecule has 2 atom stereocenters. The van der Waals surface area contributed by atoms with Gasteiger partial charge in [-0.2, -0.15) is 0 Å². The average molecular weight is 170 g/mol. The molecule has 0 bridgehead atoms. The molecule has 0 saturated carbocycles. The summed E-state index contributed by atoms with van der Waals surface area (Å²) in [5, 5.41) is 0. The van der Waals surface area contributed by atoms with Gasteiger partial charge in [-0.05, 0) is 25.8 Å². The number of thiocarbonyl (C=S) groups is 1. The summed E-state index contributed by atoms with van der Waals surface area (Å²) in [4.78, 5) is 3.25. The van der Waals surface area contributed by atoms with Gasteiger partial charge in [0.1, 0.15) is 0 Å². The lowest BCUT2D eigenvalue weighted by Crippen LogP contribution is -2.26. The van der Waals surface area contributed by atoms with Crippen LogP contribution in [-0.4, -0.2) is 29.0 Å². The Hall–Kier alpha value is -0.150. The van der Waals surface area contributed by atoms with Crippen molar-refractivity contribution in [3.63, 3.8) is 0 Å². The molecular weight excluding hydrogens is 156 g/mol. The summed E-state index contributed by atoms with van der Waals surface area (Å²) < 4.78 is 0. The summed E-state index contributed by atoms with van der Waals surface area (Å²) >= 11 is 4.98. The smallest absolute Gasteiger partial charge is 0.0772 e. The van der Waals surface area contributed by atoms with Gasteiger partial charge in [0.15, 0.2) is 0 Å². The van der Waals surface area contributed by atoms with Crippen molar-refractivity contribution in [1.82, 2.24) is 4.90 Å².